The molecule has 2 aromatic heterocycles. The van der Waals surface area contributed by atoms with Crippen molar-refractivity contribution in [1.29, 1.82) is 0 Å². The highest BCUT2D eigenvalue weighted by atomic mass is 16.5. The van der Waals surface area contributed by atoms with Crippen LogP contribution in [0.3, 0.4) is 0 Å². The van der Waals surface area contributed by atoms with Gasteiger partial charge in [-0.3, -0.25) is 4.79 Å². The van der Waals surface area contributed by atoms with Crippen molar-refractivity contribution < 1.29 is 23.4 Å². The Hall–Kier alpha value is -5.05. The summed E-state index contributed by atoms with van der Waals surface area (Å²) in [4.78, 5) is 22.8. The number of ether oxygens (including phenoxy) is 3. The van der Waals surface area contributed by atoms with Crippen LogP contribution in [-0.4, -0.2) is 54.2 Å². The Kier molecular flexibility index (Phi) is 7.16. The maximum Gasteiger partial charge on any atom is 0.245 e. The minimum atomic E-state index is -0.0550. The second kappa shape index (κ2) is 11.2. The highest BCUT2D eigenvalue weighted by Crippen LogP contribution is 2.38. The van der Waals surface area contributed by atoms with Gasteiger partial charge in [0.05, 0.1) is 31.7 Å². The predicted molar refractivity (Wildman–Crippen MR) is 158 cm³/mol. The summed E-state index contributed by atoms with van der Waals surface area (Å²) in [6.45, 7) is 4.82. The first-order valence-corrected chi connectivity index (χ1v) is 13.4. The summed E-state index contributed by atoms with van der Waals surface area (Å²) in [6, 6.07) is 17.8. The van der Waals surface area contributed by atoms with Crippen molar-refractivity contribution in [3.8, 4) is 28.4 Å². The van der Waals surface area contributed by atoms with Gasteiger partial charge in [0.25, 0.3) is 0 Å². The molecule has 5 aromatic rings. The molecule has 6 rings (SSSR count). The predicted octanol–water partition coefficient (Wildman–Crippen LogP) is 6.36. The van der Waals surface area contributed by atoms with Gasteiger partial charge in [-0.15, -0.1) is 0 Å². The Balaban J connectivity index is 1.31. The van der Waals surface area contributed by atoms with Crippen molar-refractivity contribution in [2.45, 2.75) is 18.9 Å². The maximum absolute atomic E-state index is 12.0. The first kappa shape index (κ1) is 26.2. The number of hydrogen-bond acceptors (Lipinski definition) is 8. The zero-order valence-corrected chi connectivity index (χ0v) is 22.9. The summed E-state index contributed by atoms with van der Waals surface area (Å²) in [5.74, 6) is 2.41. The average molecular weight is 551 g/mol. The van der Waals surface area contributed by atoms with E-state index in [1.165, 1.54) is 12.4 Å². The van der Waals surface area contributed by atoms with Crippen LogP contribution in [-0.2, 0) is 4.79 Å². The number of carbonyl (C=O) groups excluding carboxylic acids is 1. The first-order chi connectivity index (χ1) is 20.1. The van der Waals surface area contributed by atoms with Crippen molar-refractivity contribution in [2.24, 2.45) is 0 Å². The van der Waals surface area contributed by atoms with Crippen molar-refractivity contribution in [3.05, 3.63) is 79.8 Å². The molecule has 0 radical (unpaired) electrons. The normalized spacial score (nSPS) is 13.8. The lowest BCUT2D eigenvalue weighted by Crippen LogP contribution is -2.41. The van der Waals surface area contributed by atoms with Crippen LogP contribution in [0.5, 0.6) is 17.2 Å². The van der Waals surface area contributed by atoms with Crippen LogP contribution in [0.2, 0.25) is 0 Å². The third-order valence-corrected chi connectivity index (χ3v) is 7.38. The summed E-state index contributed by atoms with van der Waals surface area (Å²) < 4.78 is 23.2. The molecule has 0 atom stereocenters. The number of fused-ring (bicyclic) bond motifs is 2. The van der Waals surface area contributed by atoms with Crippen LogP contribution in [0.4, 0.5) is 11.5 Å². The van der Waals surface area contributed by atoms with Crippen molar-refractivity contribution in [2.75, 3.05) is 32.6 Å². The molecular formula is C32H30N4O5. The fourth-order valence-corrected chi connectivity index (χ4v) is 5.18. The molecular weight excluding hydrogens is 520 g/mol. The Morgan fingerprint density at radius 2 is 1.76 bits per heavy atom. The second-order valence-electron chi connectivity index (χ2n) is 9.80. The van der Waals surface area contributed by atoms with Gasteiger partial charge in [0.15, 0.2) is 11.5 Å². The smallest absolute Gasteiger partial charge is 0.245 e. The first-order valence-electron chi connectivity index (χ1n) is 13.4. The number of aromatic nitrogens is 2. The Morgan fingerprint density at radius 1 is 0.976 bits per heavy atom. The van der Waals surface area contributed by atoms with Gasteiger partial charge in [-0.05, 0) is 53.6 Å². The number of furan rings is 1. The van der Waals surface area contributed by atoms with Gasteiger partial charge < -0.3 is 28.8 Å². The number of amides is 1. The van der Waals surface area contributed by atoms with Crippen LogP contribution in [0.25, 0.3) is 33.0 Å². The van der Waals surface area contributed by atoms with Crippen LogP contribution >= 0.6 is 0 Å². The SMILES string of the molecule is C=CC(=O)N1CCC(Oc2cc3c(Nc4cc(-c5ccc6occc6c5)ccc4OC)ncnc3cc2OC)CC1. The molecule has 1 aliphatic rings. The number of anilines is 2. The van der Waals surface area contributed by atoms with Crippen LogP contribution in [0.15, 0.2) is 84.3 Å². The Morgan fingerprint density at radius 3 is 2.54 bits per heavy atom. The fourth-order valence-electron chi connectivity index (χ4n) is 5.18. The minimum Gasteiger partial charge on any atom is -0.495 e. The molecule has 1 amide bonds. The van der Waals surface area contributed by atoms with E-state index in [0.717, 1.165) is 33.2 Å². The molecule has 9 nitrogen and oxygen atoms in total. The molecule has 0 aliphatic carbocycles. The molecule has 0 spiro atoms. The highest BCUT2D eigenvalue weighted by Gasteiger charge is 2.24. The summed E-state index contributed by atoms with van der Waals surface area (Å²) in [7, 11) is 3.25. The summed E-state index contributed by atoms with van der Waals surface area (Å²) in [6.07, 6.45) is 5.93. The van der Waals surface area contributed by atoms with Gasteiger partial charge >= 0.3 is 0 Å². The van der Waals surface area contributed by atoms with E-state index < -0.39 is 0 Å². The number of methoxy groups -OCH3 is 2. The number of likely N-dealkylation sites (tertiary alicyclic amines) is 1. The average Bonchev–Trinajstić information content (AvgIpc) is 3.49. The molecule has 1 fully saturated rings. The summed E-state index contributed by atoms with van der Waals surface area (Å²) in [5.41, 5.74) is 4.38. The molecule has 3 heterocycles. The second-order valence-corrected chi connectivity index (χ2v) is 9.80. The highest BCUT2D eigenvalue weighted by molar-refractivity contribution is 5.94. The van der Waals surface area contributed by atoms with E-state index in [2.05, 4.69) is 27.9 Å². The third-order valence-electron chi connectivity index (χ3n) is 7.38. The van der Waals surface area contributed by atoms with Crippen molar-refractivity contribution >= 4 is 39.3 Å². The van der Waals surface area contributed by atoms with Gasteiger partial charge in [-0.1, -0.05) is 18.7 Å². The molecule has 0 bridgehead atoms. The van der Waals surface area contributed by atoms with Gasteiger partial charge in [0.2, 0.25) is 5.91 Å². The maximum atomic E-state index is 12.0. The Bertz CT molecular complexity index is 1740. The van der Waals surface area contributed by atoms with E-state index in [1.54, 1.807) is 25.4 Å². The number of nitrogens with one attached hydrogen (secondary N) is 1. The molecule has 41 heavy (non-hydrogen) atoms. The van der Waals surface area contributed by atoms with Crippen LogP contribution in [0, 0.1) is 0 Å². The van der Waals surface area contributed by atoms with Crippen molar-refractivity contribution in [3.63, 3.8) is 0 Å². The lowest BCUT2D eigenvalue weighted by atomic mass is 10.0. The van der Waals surface area contributed by atoms with E-state index in [-0.39, 0.29) is 12.0 Å². The molecule has 1 N–H and O–H groups in total. The standard InChI is InChI=1S/C32H30N4O5/c1-4-31(37)36-12-9-23(10-13-36)41-30-17-24-25(18-29(30)39-3)33-19-34-32(24)35-26-16-21(6-8-28(26)38-2)20-5-7-27-22(15-20)11-14-40-27/h4-8,11,14-19,23H,1,9-10,12-13H2,2-3H3,(H,33,34,35). The fraction of sp³-hybridized carbons (Fsp3) is 0.219. The van der Waals surface area contributed by atoms with E-state index >= 15 is 0 Å². The van der Waals surface area contributed by atoms with Crippen molar-refractivity contribution in [1.82, 2.24) is 14.9 Å². The quantitative estimate of drug-likeness (QED) is 0.223. The molecule has 3 aromatic carbocycles. The summed E-state index contributed by atoms with van der Waals surface area (Å²) >= 11 is 0. The molecule has 9 heteroatoms. The van der Waals surface area contributed by atoms with Gasteiger partial charge in [-0.25, -0.2) is 9.97 Å². The minimum absolute atomic E-state index is 0.0545. The number of benzene rings is 3. The Labute approximate surface area is 237 Å². The van der Waals surface area contributed by atoms with Gasteiger partial charge in [0, 0.05) is 42.8 Å². The number of carbonyl (C=O) groups is 1. The topological polar surface area (TPSA) is 99.0 Å². The van der Waals surface area contributed by atoms with Gasteiger partial charge in [0.1, 0.15) is 29.6 Å². The lowest BCUT2D eigenvalue weighted by Gasteiger charge is -2.31. The van der Waals surface area contributed by atoms with E-state index in [9.17, 15) is 4.79 Å². The zero-order chi connectivity index (χ0) is 28.3. The molecule has 1 aliphatic heterocycles. The number of nitrogens with zero attached hydrogens (tertiary/aromatic N) is 3. The molecule has 1 saturated heterocycles. The number of hydrogen-bond donors (Lipinski definition) is 1. The number of piperidine rings is 1. The van der Waals surface area contributed by atoms with E-state index in [0.29, 0.717) is 54.5 Å². The van der Waals surface area contributed by atoms with E-state index in [1.807, 2.05) is 48.5 Å². The van der Waals surface area contributed by atoms with Crippen LogP contribution in [0.1, 0.15) is 12.8 Å². The third kappa shape index (κ3) is 5.26. The molecule has 0 saturated carbocycles. The molecule has 0 unspecified atom stereocenters. The monoisotopic (exact) mass is 550 g/mol. The van der Waals surface area contributed by atoms with Gasteiger partial charge in [-0.2, -0.15) is 0 Å². The van der Waals surface area contributed by atoms with Crippen LogP contribution < -0.4 is 19.5 Å². The molecule has 208 valence electrons. The summed E-state index contributed by atoms with van der Waals surface area (Å²) in [5, 5.41) is 5.27. The zero-order valence-electron chi connectivity index (χ0n) is 22.9. The lowest BCUT2D eigenvalue weighted by molar-refractivity contribution is -0.127. The van der Waals surface area contributed by atoms with E-state index in [4.69, 9.17) is 18.6 Å². The largest absolute Gasteiger partial charge is 0.495 e. The number of rotatable bonds is 8.